The molecule has 2 heterocycles. The van der Waals surface area contributed by atoms with Gasteiger partial charge in [0.05, 0.1) is 17.6 Å². The van der Waals surface area contributed by atoms with Gasteiger partial charge in [-0.05, 0) is 31.4 Å². The Morgan fingerprint density at radius 3 is 2.88 bits per heavy atom. The summed E-state index contributed by atoms with van der Waals surface area (Å²) in [5, 5.41) is 0. The molecule has 16 heavy (non-hydrogen) atoms. The van der Waals surface area contributed by atoms with Crippen molar-refractivity contribution in [2.24, 2.45) is 11.7 Å². The van der Waals surface area contributed by atoms with Gasteiger partial charge in [-0.1, -0.05) is 13.3 Å². The molecule has 0 spiro atoms. The van der Waals surface area contributed by atoms with Gasteiger partial charge < -0.3 is 10.6 Å². The van der Waals surface area contributed by atoms with Crippen LogP contribution in [0.1, 0.15) is 38.4 Å². The molecule has 1 unspecified atom stereocenters. The van der Waals surface area contributed by atoms with E-state index in [2.05, 4.69) is 22.9 Å². The Kier molecular flexibility index (Phi) is 3.44. The maximum absolute atomic E-state index is 5.78. The van der Waals surface area contributed by atoms with Crippen molar-refractivity contribution in [2.45, 2.75) is 32.7 Å². The molecule has 2 atom stereocenters. The highest BCUT2D eigenvalue weighted by Gasteiger charge is 2.21. The van der Waals surface area contributed by atoms with Crippen LogP contribution in [0.5, 0.6) is 0 Å². The standard InChI is InChI=1S/C13H21N3/c1-3-11-6-7-16(9-11)12-4-5-13(10(2)14)15-8-12/h4-5,8,10-11H,3,6-7,9,14H2,1-2H3/t10-,11?/m0/s1. The lowest BCUT2D eigenvalue weighted by Crippen LogP contribution is -2.20. The molecule has 0 aromatic carbocycles. The SMILES string of the molecule is CCC1CCN(c2ccc([C@H](C)N)nc2)C1. The van der Waals surface area contributed by atoms with Crippen LogP contribution in [0.3, 0.4) is 0 Å². The van der Waals surface area contributed by atoms with Crippen molar-refractivity contribution >= 4 is 5.69 Å². The summed E-state index contributed by atoms with van der Waals surface area (Å²) in [6.45, 7) is 6.57. The molecule has 1 aliphatic heterocycles. The van der Waals surface area contributed by atoms with E-state index in [-0.39, 0.29) is 6.04 Å². The lowest BCUT2D eigenvalue weighted by molar-refractivity contribution is 0.569. The van der Waals surface area contributed by atoms with Gasteiger partial charge in [-0.2, -0.15) is 0 Å². The fraction of sp³-hybridized carbons (Fsp3) is 0.615. The zero-order valence-corrected chi connectivity index (χ0v) is 10.2. The van der Waals surface area contributed by atoms with E-state index in [0.29, 0.717) is 0 Å². The zero-order valence-electron chi connectivity index (χ0n) is 10.2. The third-order valence-corrected chi connectivity index (χ3v) is 3.47. The fourth-order valence-corrected chi connectivity index (χ4v) is 2.25. The molecule has 0 saturated carbocycles. The average molecular weight is 219 g/mol. The second-order valence-corrected chi connectivity index (χ2v) is 4.74. The zero-order chi connectivity index (χ0) is 11.5. The highest BCUT2D eigenvalue weighted by Crippen LogP contribution is 2.25. The first-order valence-electron chi connectivity index (χ1n) is 6.17. The minimum atomic E-state index is 0.0241. The minimum Gasteiger partial charge on any atom is -0.370 e. The van der Waals surface area contributed by atoms with Crippen LogP contribution in [0.4, 0.5) is 5.69 Å². The molecule has 1 aromatic rings. The van der Waals surface area contributed by atoms with E-state index in [0.717, 1.165) is 18.2 Å². The predicted molar refractivity (Wildman–Crippen MR) is 67.5 cm³/mol. The number of nitrogens with two attached hydrogens (primary N) is 1. The molecule has 0 aliphatic carbocycles. The van der Waals surface area contributed by atoms with E-state index in [1.807, 2.05) is 19.2 Å². The number of pyridine rings is 1. The topological polar surface area (TPSA) is 42.1 Å². The van der Waals surface area contributed by atoms with Gasteiger partial charge >= 0.3 is 0 Å². The minimum absolute atomic E-state index is 0.0241. The molecular formula is C13H21N3. The predicted octanol–water partition coefficient (Wildman–Crippen LogP) is 2.34. The second kappa shape index (κ2) is 4.83. The maximum atomic E-state index is 5.78. The Balaban J connectivity index is 2.05. The number of hydrogen-bond donors (Lipinski definition) is 1. The number of hydrogen-bond acceptors (Lipinski definition) is 3. The Morgan fingerprint density at radius 1 is 1.56 bits per heavy atom. The summed E-state index contributed by atoms with van der Waals surface area (Å²) in [4.78, 5) is 6.83. The molecule has 0 bridgehead atoms. The fourth-order valence-electron chi connectivity index (χ4n) is 2.25. The van der Waals surface area contributed by atoms with E-state index in [1.165, 1.54) is 25.1 Å². The van der Waals surface area contributed by atoms with Crippen LogP contribution in [0.25, 0.3) is 0 Å². The number of aromatic nitrogens is 1. The summed E-state index contributed by atoms with van der Waals surface area (Å²) >= 11 is 0. The molecule has 1 aromatic heterocycles. The highest BCUT2D eigenvalue weighted by molar-refractivity contribution is 5.45. The molecule has 0 radical (unpaired) electrons. The first kappa shape index (κ1) is 11.4. The van der Waals surface area contributed by atoms with Gasteiger partial charge in [-0.25, -0.2) is 0 Å². The summed E-state index contributed by atoms with van der Waals surface area (Å²) in [5.41, 5.74) is 7.99. The van der Waals surface area contributed by atoms with Crippen molar-refractivity contribution in [1.29, 1.82) is 0 Å². The van der Waals surface area contributed by atoms with Crippen LogP contribution in [-0.2, 0) is 0 Å². The van der Waals surface area contributed by atoms with Crippen LogP contribution in [0.2, 0.25) is 0 Å². The van der Waals surface area contributed by atoms with Crippen LogP contribution < -0.4 is 10.6 Å². The Bertz CT molecular complexity index is 332. The highest BCUT2D eigenvalue weighted by atomic mass is 15.2. The van der Waals surface area contributed by atoms with Gasteiger partial charge in [0.2, 0.25) is 0 Å². The Hall–Kier alpha value is -1.09. The molecule has 1 saturated heterocycles. The van der Waals surface area contributed by atoms with E-state index < -0.39 is 0 Å². The van der Waals surface area contributed by atoms with Gasteiger partial charge in [0.25, 0.3) is 0 Å². The van der Waals surface area contributed by atoms with E-state index in [9.17, 15) is 0 Å². The van der Waals surface area contributed by atoms with Crippen LogP contribution in [-0.4, -0.2) is 18.1 Å². The number of nitrogens with zero attached hydrogens (tertiary/aromatic N) is 2. The summed E-state index contributed by atoms with van der Waals surface area (Å²) in [7, 11) is 0. The van der Waals surface area contributed by atoms with Gasteiger partial charge in [0.1, 0.15) is 0 Å². The van der Waals surface area contributed by atoms with E-state index in [4.69, 9.17) is 5.73 Å². The van der Waals surface area contributed by atoms with Crippen LogP contribution >= 0.6 is 0 Å². The van der Waals surface area contributed by atoms with Crippen molar-refractivity contribution in [2.75, 3.05) is 18.0 Å². The van der Waals surface area contributed by atoms with Gasteiger partial charge in [-0.15, -0.1) is 0 Å². The first-order chi connectivity index (χ1) is 7.70. The number of rotatable bonds is 3. The van der Waals surface area contributed by atoms with Gasteiger partial charge in [0, 0.05) is 19.1 Å². The normalized spacial score (nSPS) is 22.4. The molecule has 3 nitrogen and oxygen atoms in total. The quantitative estimate of drug-likeness (QED) is 0.848. The summed E-state index contributed by atoms with van der Waals surface area (Å²) in [6, 6.07) is 4.21. The monoisotopic (exact) mass is 219 g/mol. The van der Waals surface area contributed by atoms with Crippen molar-refractivity contribution in [1.82, 2.24) is 4.98 Å². The molecular weight excluding hydrogens is 198 g/mol. The molecule has 1 aliphatic rings. The van der Waals surface area contributed by atoms with Gasteiger partial charge in [-0.3, -0.25) is 4.98 Å². The van der Waals surface area contributed by atoms with Crippen LogP contribution in [0.15, 0.2) is 18.3 Å². The second-order valence-electron chi connectivity index (χ2n) is 4.74. The average Bonchev–Trinajstić information content (AvgIpc) is 2.77. The van der Waals surface area contributed by atoms with Gasteiger partial charge in [0.15, 0.2) is 0 Å². The molecule has 3 heteroatoms. The van der Waals surface area contributed by atoms with Crippen molar-refractivity contribution in [3.63, 3.8) is 0 Å². The summed E-state index contributed by atoms with van der Waals surface area (Å²) < 4.78 is 0. The van der Waals surface area contributed by atoms with E-state index >= 15 is 0 Å². The summed E-state index contributed by atoms with van der Waals surface area (Å²) in [5.74, 6) is 0.855. The lowest BCUT2D eigenvalue weighted by Gasteiger charge is -2.18. The first-order valence-corrected chi connectivity index (χ1v) is 6.17. The molecule has 2 rings (SSSR count). The summed E-state index contributed by atoms with van der Waals surface area (Å²) in [6.07, 6.45) is 4.55. The third kappa shape index (κ3) is 2.35. The molecule has 0 amide bonds. The van der Waals surface area contributed by atoms with E-state index in [1.54, 1.807) is 0 Å². The lowest BCUT2D eigenvalue weighted by atomic mass is 10.1. The van der Waals surface area contributed by atoms with Crippen LogP contribution in [0, 0.1) is 5.92 Å². The smallest absolute Gasteiger partial charge is 0.0569 e. The molecule has 2 N–H and O–H groups in total. The Morgan fingerprint density at radius 2 is 2.38 bits per heavy atom. The Labute approximate surface area is 97.7 Å². The van der Waals surface area contributed by atoms with Crippen molar-refractivity contribution in [3.8, 4) is 0 Å². The number of anilines is 1. The third-order valence-electron chi connectivity index (χ3n) is 3.47. The van der Waals surface area contributed by atoms with Crippen molar-refractivity contribution < 1.29 is 0 Å². The molecule has 88 valence electrons. The molecule has 1 fully saturated rings. The van der Waals surface area contributed by atoms with Crippen molar-refractivity contribution in [3.05, 3.63) is 24.0 Å². The largest absolute Gasteiger partial charge is 0.370 e. The maximum Gasteiger partial charge on any atom is 0.0569 e.